The second-order valence-corrected chi connectivity index (χ2v) is 9.60. The Morgan fingerprint density at radius 2 is 1.70 bits per heavy atom. The average Bonchev–Trinajstić information content (AvgIpc) is 3.08. The van der Waals surface area contributed by atoms with Crippen molar-refractivity contribution in [1.29, 1.82) is 0 Å². The van der Waals surface area contributed by atoms with Gasteiger partial charge < -0.3 is 4.74 Å². The highest BCUT2D eigenvalue weighted by Gasteiger charge is 2.31. The fourth-order valence-corrected chi connectivity index (χ4v) is 5.20. The Bertz CT molecular complexity index is 1290. The van der Waals surface area contributed by atoms with Gasteiger partial charge in [-0.2, -0.15) is 0 Å². The Hall–Kier alpha value is -3.04. The van der Waals surface area contributed by atoms with Gasteiger partial charge in [0.05, 0.1) is 17.4 Å². The summed E-state index contributed by atoms with van der Waals surface area (Å²) < 4.78 is 57.4. The Labute approximate surface area is 217 Å². The second-order valence-electron chi connectivity index (χ2n) is 9.23. The number of hydrogen-bond acceptors (Lipinski definition) is 3. The van der Waals surface area contributed by atoms with Crippen LogP contribution in [-0.2, 0) is 7.05 Å². The van der Waals surface area contributed by atoms with Crippen LogP contribution in [0.5, 0.6) is 5.75 Å². The van der Waals surface area contributed by atoms with E-state index in [2.05, 4.69) is 15.7 Å². The first-order chi connectivity index (χ1) is 17.5. The van der Waals surface area contributed by atoms with Crippen molar-refractivity contribution in [1.82, 2.24) is 14.3 Å². The molecular weight excluding hydrogens is 510 g/mol. The topological polar surface area (TPSA) is 39.4 Å². The largest absolute Gasteiger partial charge is 0.573 e. The van der Waals surface area contributed by atoms with E-state index in [1.54, 1.807) is 23.9 Å². The summed E-state index contributed by atoms with van der Waals surface area (Å²) in [6.07, 6.45) is 2.26. The van der Waals surface area contributed by atoms with E-state index < -0.39 is 11.9 Å². The van der Waals surface area contributed by atoms with Gasteiger partial charge in [-0.1, -0.05) is 35.9 Å². The van der Waals surface area contributed by atoms with Gasteiger partial charge in [0.25, 0.3) is 5.56 Å². The SMILES string of the molecule is CC(c1c(Cl)c(=O)n(-c2ccc(OC(F)(F)F)cc2)n1C)N1CCC(C/C=C/c2ccc(F)cc2)CC1. The molecule has 0 radical (unpaired) electrons. The lowest BCUT2D eigenvalue weighted by Gasteiger charge is -2.36. The van der Waals surface area contributed by atoms with Gasteiger partial charge in [-0.25, -0.2) is 9.07 Å². The lowest BCUT2D eigenvalue weighted by Crippen LogP contribution is -2.36. The number of benzene rings is 2. The standard InChI is InChI=1S/C27H28ClF4N3O2/c1-18(34-16-14-20(15-17-34)5-3-4-19-6-8-21(29)9-7-19)25-24(28)26(36)35(33(25)2)22-10-12-23(13-11-22)37-27(30,31)32/h3-4,6-13,18,20H,5,14-17H2,1-2H3/b4-3+. The summed E-state index contributed by atoms with van der Waals surface area (Å²) in [4.78, 5) is 15.3. The maximum absolute atomic E-state index is 13.1. The molecule has 1 aromatic heterocycles. The molecule has 1 saturated heterocycles. The van der Waals surface area contributed by atoms with E-state index >= 15 is 0 Å². The Balaban J connectivity index is 1.41. The number of rotatable bonds is 7. The second kappa shape index (κ2) is 11.1. The monoisotopic (exact) mass is 537 g/mol. The van der Waals surface area contributed by atoms with E-state index in [1.165, 1.54) is 28.9 Å². The quantitative estimate of drug-likeness (QED) is 0.313. The van der Waals surface area contributed by atoms with Crippen molar-refractivity contribution in [3.8, 4) is 11.4 Å². The molecule has 1 fully saturated rings. The fourth-order valence-electron chi connectivity index (χ4n) is 4.84. The molecule has 10 heteroatoms. The number of piperidine rings is 1. The normalized spacial score (nSPS) is 16.4. The Morgan fingerprint density at radius 1 is 1.08 bits per heavy atom. The summed E-state index contributed by atoms with van der Waals surface area (Å²) in [5.74, 6) is -0.0879. The summed E-state index contributed by atoms with van der Waals surface area (Å²) >= 11 is 6.48. The molecule has 1 atom stereocenters. The molecule has 1 unspecified atom stereocenters. The minimum absolute atomic E-state index is 0.0926. The van der Waals surface area contributed by atoms with Crippen molar-refractivity contribution in [2.24, 2.45) is 13.0 Å². The maximum atomic E-state index is 13.1. The fraction of sp³-hybridized carbons (Fsp3) is 0.370. The van der Waals surface area contributed by atoms with E-state index in [9.17, 15) is 22.4 Å². The molecule has 198 valence electrons. The van der Waals surface area contributed by atoms with Gasteiger partial charge in [-0.05, 0) is 87.2 Å². The Kier molecular flexibility index (Phi) is 8.14. The van der Waals surface area contributed by atoms with Crippen molar-refractivity contribution in [2.75, 3.05) is 13.1 Å². The molecule has 0 saturated carbocycles. The van der Waals surface area contributed by atoms with Crippen LogP contribution in [0, 0.1) is 11.7 Å². The van der Waals surface area contributed by atoms with Crippen LogP contribution in [0.25, 0.3) is 11.8 Å². The van der Waals surface area contributed by atoms with Gasteiger partial charge in [0.1, 0.15) is 16.6 Å². The van der Waals surface area contributed by atoms with Crippen LogP contribution in [0.3, 0.4) is 0 Å². The zero-order valence-electron chi connectivity index (χ0n) is 20.5. The third-order valence-electron chi connectivity index (χ3n) is 6.81. The lowest BCUT2D eigenvalue weighted by atomic mass is 9.92. The van der Waals surface area contributed by atoms with Crippen LogP contribution in [-0.4, -0.2) is 33.7 Å². The van der Waals surface area contributed by atoms with E-state index in [0.29, 0.717) is 17.3 Å². The first-order valence-electron chi connectivity index (χ1n) is 12.0. The number of likely N-dealkylation sites (tertiary alicyclic amines) is 1. The van der Waals surface area contributed by atoms with Crippen molar-refractivity contribution >= 4 is 17.7 Å². The number of halogens is 5. The highest BCUT2D eigenvalue weighted by atomic mass is 35.5. The van der Waals surface area contributed by atoms with E-state index in [1.807, 2.05) is 13.0 Å². The number of ether oxygens (including phenoxy) is 1. The van der Waals surface area contributed by atoms with Crippen molar-refractivity contribution in [3.63, 3.8) is 0 Å². The zero-order valence-corrected chi connectivity index (χ0v) is 21.3. The van der Waals surface area contributed by atoms with Crippen LogP contribution in [0.1, 0.15) is 43.5 Å². The summed E-state index contributed by atoms with van der Waals surface area (Å²) in [5.41, 5.74) is 1.57. The molecule has 5 nitrogen and oxygen atoms in total. The molecule has 0 aliphatic carbocycles. The minimum Gasteiger partial charge on any atom is -0.406 e. The molecule has 0 amide bonds. The first-order valence-corrected chi connectivity index (χ1v) is 12.4. The first kappa shape index (κ1) is 27.0. The molecule has 3 aromatic rings. The molecule has 1 aliphatic rings. The van der Waals surface area contributed by atoms with Crippen LogP contribution < -0.4 is 10.3 Å². The highest BCUT2D eigenvalue weighted by Crippen LogP contribution is 2.32. The molecule has 4 rings (SSSR count). The number of nitrogens with zero attached hydrogens (tertiary/aromatic N) is 3. The molecule has 0 bridgehead atoms. The van der Waals surface area contributed by atoms with Crippen molar-refractivity contribution in [3.05, 3.63) is 87.1 Å². The molecule has 37 heavy (non-hydrogen) atoms. The maximum Gasteiger partial charge on any atom is 0.573 e. The number of allylic oxidation sites excluding steroid dienone is 1. The summed E-state index contributed by atoms with van der Waals surface area (Å²) in [7, 11) is 1.71. The predicted molar refractivity (Wildman–Crippen MR) is 135 cm³/mol. The number of aromatic nitrogens is 2. The smallest absolute Gasteiger partial charge is 0.406 e. The van der Waals surface area contributed by atoms with Crippen molar-refractivity contribution in [2.45, 2.75) is 38.6 Å². The van der Waals surface area contributed by atoms with E-state index in [-0.39, 0.29) is 22.6 Å². The summed E-state index contributed by atoms with van der Waals surface area (Å²) in [5, 5.41) is 0.0926. The Morgan fingerprint density at radius 3 is 2.30 bits per heavy atom. The zero-order chi connectivity index (χ0) is 26.7. The third-order valence-corrected chi connectivity index (χ3v) is 7.17. The lowest BCUT2D eigenvalue weighted by molar-refractivity contribution is -0.274. The van der Waals surface area contributed by atoms with Crippen LogP contribution in [0.2, 0.25) is 5.02 Å². The van der Waals surface area contributed by atoms with Gasteiger partial charge in [-0.15, -0.1) is 13.2 Å². The van der Waals surface area contributed by atoms with Gasteiger partial charge in [-0.3, -0.25) is 14.4 Å². The molecule has 2 heterocycles. The van der Waals surface area contributed by atoms with Crippen LogP contribution in [0.15, 0.2) is 59.4 Å². The summed E-state index contributed by atoms with van der Waals surface area (Å²) in [6, 6.07) is 11.4. The third kappa shape index (κ3) is 6.45. The van der Waals surface area contributed by atoms with Crippen LogP contribution in [0.4, 0.5) is 17.6 Å². The summed E-state index contributed by atoms with van der Waals surface area (Å²) in [6.45, 7) is 3.69. The van der Waals surface area contributed by atoms with Crippen LogP contribution >= 0.6 is 11.6 Å². The van der Waals surface area contributed by atoms with Gasteiger partial charge in [0.2, 0.25) is 0 Å². The molecule has 0 spiro atoms. The van der Waals surface area contributed by atoms with E-state index in [4.69, 9.17) is 11.6 Å². The number of alkyl halides is 3. The van der Waals surface area contributed by atoms with Crippen molar-refractivity contribution < 1.29 is 22.3 Å². The van der Waals surface area contributed by atoms with Gasteiger partial charge in [0.15, 0.2) is 0 Å². The molecule has 0 N–H and O–H groups in total. The average molecular weight is 538 g/mol. The van der Waals surface area contributed by atoms with E-state index in [0.717, 1.165) is 50.0 Å². The highest BCUT2D eigenvalue weighted by molar-refractivity contribution is 6.31. The molecule has 2 aromatic carbocycles. The molecule has 1 aliphatic heterocycles. The number of hydrogen-bond donors (Lipinski definition) is 0. The van der Waals surface area contributed by atoms with Gasteiger partial charge in [0, 0.05) is 7.05 Å². The predicted octanol–water partition coefficient (Wildman–Crippen LogP) is 6.74. The minimum atomic E-state index is -4.79. The molecular formula is C27H28ClF4N3O2. The van der Waals surface area contributed by atoms with Gasteiger partial charge >= 0.3 is 6.36 Å².